The van der Waals surface area contributed by atoms with Gasteiger partial charge in [0.05, 0.1) is 5.75 Å². The van der Waals surface area contributed by atoms with Gasteiger partial charge in [0.1, 0.15) is 0 Å². The van der Waals surface area contributed by atoms with Crippen molar-refractivity contribution in [3.05, 3.63) is 0 Å². The van der Waals surface area contributed by atoms with Gasteiger partial charge < -0.3 is 5.11 Å². The van der Waals surface area contributed by atoms with Crippen LogP contribution in [0.5, 0.6) is 0 Å². The Labute approximate surface area is 118 Å². The number of aliphatic hydroxyl groups excluding tert-OH is 1. The summed E-state index contributed by atoms with van der Waals surface area (Å²) in [5.74, 6) is 0.776. The first kappa shape index (κ1) is 16.9. The van der Waals surface area contributed by atoms with E-state index in [1.54, 1.807) is 4.31 Å². The highest BCUT2D eigenvalue weighted by molar-refractivity contribution is 7.89. The highest BCUT2D eigenvalue weighted by atomic mass is 32.2. The van der Waals surface area contributed by atoms with E-state index in [0.717, 1.165) is 19.3 Å². The molecule has 0 amide bonds. The summed E-state index contributed by atoms with van der Waals surface area (Å²) in [7, 11) is -3.13. The van der Waals surface area contributed by atoms with Crippen molar-refractivity contribution in [3.8, 4) is 0 Å². The maximum Gasteiger partial charge on any atom is 0.214 e. The summed E-state index contributed by atoms with van der Waals surface area (Å²) in [6, 6.07) is 0. The van der Waals surface area contributed by atoms with E-state index in [9.17, 15) is 8.42 Å². The van der Waals surface area contributed by atoms with Crippen LogP contribution in [0, 0.1) is 11.3 Å². The molecular formula is C14H29NO3S. The maximum atomic E-state index is 12.2. The van der Waals surface area contributed by atoms with E-state index in [1.165, 1.54) is 0 Å². The van der Waals surface area contributed by atoms with Crippen molar-refractivity contribution >= 4 is 10.0 Å². The average molecular weight is 291 g/mol. The molecular weight excluding hydrogens is 262 g/mol. The normalized spacial score (nSPS) is 23.3. The van der Waals surface area contributed by atoms with Crippen LogP contribution in [-0.4, -0.2) is 43.3 Å². The van der Waals surface area contributed by atoms with E-state index < -0.39 is 10.0 Å². The molecule has 1 N–H and O–H groups in total. The molecule has 1 rings (SSSR count). The lowest BCUT2D eigenvalue weighted by Crippen LogP contribution is -2.34. The molecule has 0 radical (unpaired) electrons. The predicted molar refractivity (Wildman–Crippen MR) is 78.5 cm³/mol. The monoisotopic (exact) mass is 291 g/mol. The van der Waals surface area contributed by atoms with Crippen LogP contribution >= 0.6 is 0 Å². The third kappa shape index (κ3) is 5.40. The largest absolute Gasteiger partial charge is 0.396 e. The van der Waals surface area contributed by atoms with Crippen molar-refractivity contribution in [3.63, 3.8) is 0 Å². The summed E-state index contributed by atoms with van der Waals surface area (Å²) in [5, 5.41) is 8.73. The van der Waals surface area contributed by atoms with E-state index in [1.807, 2.05) is 0 Å². The van der Waals surface area contributed by atoms with Crippen LogP contribution in [0.1, 0.15) is 52.9 Å². The summed E-state index contributed by atoms with van der Waals surface area (Å²) in [5.41, 5.74) is 0.261. The fourth-order valence-corrected chi connectivity index (χ4v) is 4.36. The Bertz CT molecular complexity index is 359. The highest BCUT2D eigenvalue weighted by Gasteiger charge is 2.30. The molecule has 0 saturated carbocycles. The van der Waals surface area contributed by atoms with Crippen molar-refractivity contribution in [1.29, 1.82) is 0 Å². The van der Waals surface area contributed by atoms with Crippen molar-refractivity contribution in [2.24, 2.45) is 11.3 Å². The van der Waals surface area contributed by atoms with Gasteiger partial charge in [-0.2, -0.15) is 0 Å². The van der Waals surface area contributed by atoms with Gasteiger partial charge in [0.25, 0.3) is 0 Å². The van der Waals surface area contributed by atoms with Gasteiger partial charge >= 0.3 is 0 Å². The maximum absolute atomic E-state index is 12.2. The Kier molecular flexibility index (Phi) is 6.27. The van der Waals surface area contributed by atoms with Gasteiger partial charge in [-0.1, -0.05) is 20.8 Å². The molecule has 0 aromatic rings. The lowest BCUT2D eigenvalue weighted by atomic mass is 9.77. The van der Waals surface area contributed by atoms with Gasteiger partial charge in [-0.15, -0.1) is 0 Å². The zero-order chi connectivity index (χ0) is 14.5. The number of rotatable bonds is 5. The molecule has 5 heteroatoms. The van der Waals surface area contributed by atoms with Crippen LogP contribution in [0.2, 0.25) is 0 Å². The number of hydrogen-bond donors (Lipinski definition) is 1. The number of hydrogen-bond acceptors (Lipinski definition) is 3. The second kappa shape index (κ2) is 7.04. The first-order valence-corrected chi connectivity index (χ1v) is 8.97. The summed E-state index contributed by atoms with van der Waals surface area (Å²) in [6.45, 7) is 8.11. The van der Waals surface area contributed by atoms with Crippen molar-refractivity contribution in [2.45, 2.75) is 52.9 Å². The number of nitrogens with zero attached hydrogens (tertiary/aromatic N) is 1. The number of aliphatic hydroxyl groups is 1. The van der Waals surface area contributed by atoms with Crippen LogP contribution in [-0.2, 0) is 10.0 Å². The fourth-order valence-electron chi connectivity index (χ4n) is 2.74. The van der Waals surface area contributed by atoms with E-state index in [2.05, 4.69) is 20.8 Å². The average Bonchev–Trinajstić information content (AvgIpc) is 2.54. The Morgan fingerprint density at radius 1 is 1.16 bits per heavy atom. The fraction of sp³-hybridized carbons (Fsp3) is 1.00. The lowest BCUT2D eigenvalue weighted by molar-refractivity contribution is 0.217. The molecule has 1 aliphatic heterocycles. The molecule has 0 aromatic heterocycles. The van der Waals surface area contributed by atoms with E-state index in [4.69, 9.17) is 5.11 Å². The molecule has 0 aliphatic carbocycles. The molecule has 19 heavy (non-hydrogen) atoms. The molecule has 1 fully saturated rings. The quantitative estimate of drug-likeness (QED) is 0.790. The Morgan fingerprint density at radius 2 is 1.84 bits per heavy atom. The summed E-state index contributed by atoms with van der Waals surface area (Å²) in [6.07, 6.45) is 4.16. The second-order valence-corrected chi connectivity index (χ2v) is 8.73. The van der Waals surface area contributed by atoms with Gasteiger partial charge in [-0.3, -0.25) is 0 Å². The minimum absolute atomic E-state index is 0.0710. The number of sulfonamides is 1. The van der Waals surface area contributed by atoms with Crippen LogP contribution in [0.25, 0.3) is 0 Å². The predicted octanol–water partition coefficient (Wildman–Crippen LogP) is 2.24. The SMILES string of the molecule is CC(C)(C)C1CCCN(S(=O)(=O)CCCCO)CC1. The van der Waals surface area contributed by atoms with Crippen molar-refractivity contribution in [1.82, 2.24) is 4.31 Å². The van der Waals surface area contributed by atoms with Crippen LogP contribution in [0.3, 0.4) is 0 Å². The number of unbranched alkanes of at least 4 members (excludes halogenated alkanes) is 1. The molecule has 0 spiro atoms. The third-order valence-electron chi connectivity index (χ3n) is 4.12. The molecule has 1 unspecified atom stereocenters. The molecule has 1 heterocycles. The van der Waals surface area contributed by atoms with Gasteiger partial charge in [-0.05, 0) is 43.4 Å². The molecule has 114 valence electrons. The van der Waals surface area contributed by atoms with Gasteiger partial charge in [0, 0.05) is 19.7 Å². The summed E-state index contributed by atoms with van der Waals surface area (Å²) in [4.78, 5) is 0. The van der Waals surface area contributed by atoms with E-state index in [-0.39, 0.29) is 17.8 Å². The van der Waals surface area contributed by atoms with E-state index >= 15 is 0 Å². The smallest absolute Gasteiger partial charge is 0.214 e. The molecule has 0 bridgehead atoms. The molecule has 1 saturated heterocycles. The first-order valence-electron chi connectivity index (χ1n) is 7.36. The van der Waals surface area contributed by atoms with Gasteiger partial charge in [0.15, 0.2) is 0 Å². The minimum atomic E-state index is -3.13. The molecule has 4 nitrogen and oxygen atoms in total. The van der Waals surface area contributed by atoms with E-state index in [0.29, 0.717) is 31.8 Å². The lowest BCUT2D eigenvalue weighted by Gasteiger charge is -2.29. The second-order valence-electron chi connectivity index (χ2n) is 6.64. The zero-order valence-electron chi connectivity index (χ0n) is 12.6. The minimum Gasteiger partial charge on any atom is -0.396 e. The van der Waals surface area contributed by atoms with Crippen molar-refractivity contribution < 1.29 is 13.5 Å². The van der Waals surface area contributed by atoms with Crippen LogP contribution in [0.15, 0.2) is 0 Å². The molecule has 1 aliphatic rings. The van der Waals surface area contributed by atoms with Crippen LogP contribution < -0.4 is 0 Å². The van der Waals surface area contributed by atoms with Gasteiger partial charge in [-0.25, -0.2) is 12.7 Å². The first-order chi connectivity index (χ1) is 8.77. The van der Waals surface area contributed by atoms with Crippen molar-refractivity contribution in [2.75, 3.05) is 25.4 Å². The Morgan fingerprint density at radius 3 is 2.42 bits per heavy atom. The summed E-state index contributed by atoms with van der Waals surface area (Å²) < 4.78 is 26.1. The van der Waals surface area contributed by atoms with Gasteiger partial charge in [0.2, 0.25) is 10.0 Å². The molecule has 0 aromatic carbocycles. The topological polar surface area (TPSA) is 57.6 Å². The van der Waals surface area contributed by atoms with Crippen LogP contribution in [0.4, 0.5) is 0 Å². The zero-order valence-corrected chi connectivity index (χ0v) is 13.4. The molecule has 1 atom stereocenters. The Hall–Kier alpha value is -0.130. The third-order valence-corrected chi connectivity index (χ3v) is 6.07. The highest BCUT2D eigenvalue weighted by Crippen LogP contribution is 2.34. The standard InChI is InChI=1S/C14H29NO3S/c1-14(2,3)13-7-6-9-15(10-8-13)19(17,18)12-5-4-11-16/h13,16H,4-12H2,1-3H3. The Balaban J connectivity index is 2.57. The summed E-state index contributed by atoms with van der Waals surface area (Å²) >= 11 is 0.